The highest BCUT2D eigenvalue weighted by Crippen LogP contribution is 2.22. The number of hydrogen-bond acceptors (Lipinski definition) is 3. The molecule has 0 bridgehead atoms. The van der Waals surface area contributed by atoms with Crippen molar-refractivity contribution in [1.29, 1.82) is 0 Å². The van der Waals surface area contributed by atoms with Crippen molar-refractivity contribution in [2.45, 2.75) is 0 Å². The van der Waals surface area contributed by atoms with Crippen LogP contribution < -0.4 is 9.13 Å². The Morgan fingerprint density at radius 2 is 1.11 bits per heavy atom. The molecule has 0 radical (unpaired) electrons. The summed E-state index contributed by atoms with van der Waals surface area (Å²) in [5.74, 6) is 1.06. The Bertz CT molecular complexity index is 626. The number of nitrogens with zero attached hydrogens (tertiary/aromatic N) is 4. The lowest BCUT2D eigenvalue weighted by atomic mass is 10.2. The van der Waals surface area contributed by atoms with Crippen molar-refractivity contribution in [3.05, 3.63) is 49.1 Å². The van der Waals surface area contributed by atoms with Gasteiger partial charge in [0, 0.05) is 24.3 Å². The van der Waals surface area contributed by atoms with Gasteiger partial charge in [0.2, 0.25) is 11.8 Å². The second kappa shape index (κ2) is 4.61. The van der Waals surface area contributed by atoms with Crippen molar-refractivity contribution >= 4 is 0 Å². The maximum atomic E-state index is 5.69. The summed E-state index contributed by atoms with van der Waals surface area (Å²) < 4.78 is 9.61. The van der Waals surface area contributed by atoms with Crippen LogP contribution in [0.1, 0.15) is 0 Å². The van der Waals surface area contributed by atoms with Crippen LogP contribution in [0, 0.1) is 0 Å². The third-order valence-corrected chi connectivity index (χ3v) is 2.88. The number of aryl methyl sites for hydroxylation is 2. The average Bonchev–Trinajstić information content (AvgIpc) is 2.90. The van der Waals surface area contributed by atoms with E-state index in [0.29, 0.717) is 11.8 Å². The first kappa shape index (κ1) is 11.5. The Kier molecular flexibility index (Phi) is 2.79. The highest BCUT2D eigenvalue weighted by Gasteiger charge is 2.11. The molecule has 5 heteroatoms. The van der Waals surface area contributed by atoms with E-state index < -0.39 is 0 Å². The molecule has 5 nitrogen and oxygen atoms in total. The molecule has 0 saturated heterocycles. The van der Waals surface area contributed by atoms with Crippen LogP contribution in [0.25, 0.3) is 22.9 Å². The van der Waals surface area contributed by atoms with E-state index in [-0.39, 0.29) is 0 Å². The third-order valence-electron chi connectivity index (χ3n) is 2.88. The van der Waals surface area contributed by atoms with Gasteiger partial charge in [-0.15, -0.1) is 10.2 Å². The first-order valence-electron chi connectivity index (χ1n) is 5.97. The smallest absolute Gasteiger partial charge is 0.248 e. The van der Waals surface area contributed by atoms with Gasteiger partial charge in [-0.05, 0) is 0 Å². The van der Waals surface area contributed by atoms with Crippen molar-refractivity contribution in [2.75, 3.05) is 0 Å². The maximum Gasteiger partial charge on any atom is 0.248 e. The van der Waals surface area contributed by atoms with Gasteiger partial charge in [-0.3, -0.25) is 0 Å². The molecule has 0 unspecified atom stereocenters. The van der Waals surface area contributed by atoms with Gasteiger partial charge in [0.25, 0.3) is 0 Å². The maximum absolute atomic E-state index is 5.69. The predicted octanol–water partition coefficient (Wildman–Crippen LogP) is 1.05. The van der Waals surface area contributed by atoms with Crippen LogP contribution in [0.4, 0.5) is 0 Å². The van der Waals surface area contributed by atoms with Gasteiger partial charge < -0.3 is 4.42 Å². The highest BCUT2D eigenvalue weighted by molar-refractivity contribution is 5.56. The van der Waals surface area contributed by atoms with Gasteiger partial charge in [0.1, 0.15) is 14.1 Å². The summed E-state index contributed by atoms with van der Waals surface area (Å²) in [6.07, 6.45) is 7.78. The molecule has 3 aromatic rings. The normalized spacial score (nSPS) is 10.6. The fraction of sp³-hybridized carbons (Fsp3) is 0.143. The zero-order valence-electron chi connectivity index (χ0n) is 10.8. The molecular formula is C14H14N4O+2. The van der Waals surface area contributed by atoms with E-state index in [1.807, 2.05) is 72.3 Å². The van der Waals surface area contributed by atoms with Crippen LogP contribution >= 0.6 is 0 Å². The van der Waals surface area contributed by atoms with E-state index in [4.69, 9.17) is 4.42 Å². The molecule has 0 spiro atoms. The summed E-state index contributed by atoms with van der Waals surface area (Å²) in [5, 5.41) is 8.16. The average molecular weight is 254 g/mol. The largest absolute Gasteiger partial charge is 0.416 e. The number of rotatable bonds is 2. The van der Waals surface area contributed by atoms with Crippen molar-refractivity contribution in [1.82, 2.24) is 10.2 Å². The molecule has 0 aromatic carbocycles. The summed E-state index contributed by atoms with van der Waals surface area (Å²) in [5.41, 5.74) is 1.83. The molecule has 0 aliphatic rings. The zero-order valence-corrected chi connectivity index (χ0v) is 10.8. The van der Waals surface area contributed by atoms with E-state index in [9.17, 15) is 0 Å². The van der Waals surface area contributed by atoms with Gasteiger partial charge in [-0.2, -0.15) is 0 Å². The molecule has 3 rings (SSSR count). The second-order valence-electron chi connectivity index (χ2n) is 4.42. The first-order valence-corrected chi connectivity index (χ1v) is 5.97. The molecule has 0 atom stereocenters. The minimum Gasteiger partial charge on any atom is -0.416 e. The molecule has 3 heterocycles. The molecule has 0 amide bonds. The Morgan fingerprint density at radius 3 is 1.47 bits per heavy atom. The molecule has 0 aliphatic carbocycles. The quantitative estimate of drug-likeness (QED) is 0.642. The summed E-state index contributed by atoms with van der Waals surface area (Å²) in [6, 6.07) is 7.79. The van der Waals surface area contributed by atoms with E-state index in [0.717, 1.165) is 11.1 Å². The first-order chi connectivity index (χ1) is 9.22. The minimum absolute atomic E-state index is 0.531. The molecule has 0 aliphatic heterocycles. The van der Waals surface area contributed by atoms with Crippen LogP contribution in [0.5, 0.6) is 0 Å². The Balaban J connectivity index is 1.95. The van der Waals surface area contributed by atoms with E-state index in [1.165, 1.54) is 0 Å². The Labute approximate surface area is 110 Å². The fourth-order valence-electron chi connectivity index (χ4n) is 1.74. The van der Waals surface area contributed by atoms with E-state index in [1.54, 1.807) is 0 Å². The summed E-state index contributed by atoms with van der Waals surface area (Å²) in [4.78, 5) is 0. The summed E-state index contributed by atoms with van der Waals surface area (Å²) in [7, 11) is 3.93. The molecule has 0 saturated carbocycles. The molecule has 0 N–H and O–H groups in total. The Hall–Kier alpha value is -2.56. The topological polar surface area (TPSA) is 46.7 Å². The van der Waals surface area contributed by atoms with Gasteiger partial charge in [-0.1, -0.05) is 0 Å². The van der Waals surface area contributed by atoms with Crippen LogP contribution in [-0.4, -0.2) is 10.2 Å². The van der Waals surface area contributed by atoms with Crippen LogP contribution in [0.2, 0.25) is 0 Å². The zero-order chi connectivity index (χ0) is 13.2. The molecule has 94 valence electrons. The lowest BCUT2D eigenvalue weighted by Gasteiger charge is -1.93. The van der Waals surface area contributed by atoms with Gasteiger partial charge in [0.15, 0.2) is 24.8 Å². The predicted molar refractivity (Wildman–Crippen MR) is 67.5 cm³/mol. The van der Waals surface area contributed by atoms with Crippen LogP contribution in [0.15, 0.2) is 53.5 Å². The third kappa shape index (κ3) is 2.35. The Morgan fingerprint density at radius 1 is 0.737 bits per heavy atom. The van der Waals surface area contributed by atoms with E-state index >= 15 is 0 Å². The lowest BCUT2D eigenvalue weighted by Crippen LogP contribution is -2.25. The number of pyridine rings is 2. The highest BCUT2D eigenvalue weighted by atomic mass is 16.4. The van der Waals surface area contributed by atoms with Crippen LogP contribution in [0.3, 0.4) is 0 Å². The molecule has 3 aromatic heterocycles. The number of aromatic nitrogens is 4. The van der Waals surface area contributed by atoms with Crippen LogP contribution in [-0.2, 0) is 14.1 Å². The second-order valence-corrected chi connectivity index (χ2v) is 4.42. The lowest BCUT2D eigenvalue weighted by molar-refractivity contribution is -0.671. The summed E-state index contributed by atoms with van der Waals surface area (Å²) >= 11 is 0. The van der Waals surface area contributed by atoms with Crippen molar-refractivity contribution < 1.29 is 13.6 Å². The van der Waals surface area contributed by atoms with Gasteiger partial charge in [0.05, 0.1) is 11.1 Å². The molecule has 19 heavy (non-hydrogen) atoms. The fourth-order valence-corrected chi connectivity index (χ4v) is 1.74. The van der Waals surface area contributed by atoms with Crippen molar-refractivity contribution in [3.8, 4) is 22.9 Å². The molecule has 0 fully saturated rings. The standard InChI is InChI=1S/C14H14N4O/c1-17-7-3-11(4-8-17)13-15-16-14(19-13)12-5-9-18(2)10-6-12/h3-10H,1-2H3/q+2. The number of hydrogen-bond donors (Lipinski definition) is 0. The monoisotopic (exact) mass is 254 g/mol. The minimum atomic E-state index is 0.531. The van der Waals surface area contributed by atoms with E-state index in [2.05, 4.69) is 10.2 Å². The van der Waals surface area contributed by atoms with Gasteiger partial charge >= 0.3 is 0 Å². The van der Waals surface area contributed by atoms with Crippen molar-refractivity contribution in [3.63, 3.8) is 0 Å². The SMILES string of the molecule is C[n+]1ccc(-c2nnc(-c3cc[n+](C)cc3)o2)cc1. The molecular weight excluding hydrogens is 240 g/mol. The van der Waals surface area contributed by atoms with Crippen molar-refractivity contribution in [2.24, 2.45) is 14.1 Å². The van der Waals surface area contributed by atoms with Gasteiger partial charge in [-0.25, -0.2) is 9.13 Å². The summed E-state index contributed by atoms with van der Waals surface area (Å²) in [6.45, 7) is 0.